The van der Waals surface area contributed by atoms with Crippen molar-refractivity contribution in [1.82, 2.24) is 14.8 Å². The Labute approximate surface area is 167 Å². The molecule has 4 rings (SSSR count). The quantitative estimate of drug-likeness (QED) is 0.495. The molecule has 1 N–H and O–H groups in total. The molecule has 2 aromatic heterocycles. The van der Waals surface area contributed by atoms with E-state index in [1.165, 1.54) is 41.8 Å². The van der Waals surface area contributed by atoms with Crippen LogP contribution in [0.15, 0.2) is 72.4 Å². The zero-order chi connectivity index (χ0) is 20.4. The number of alkyl halides is 3. The van der Waals surface area contributed by atoms with Crippen LogP contribution in [0.1, 0.15) is 16.1 Å². The molecule has 2 heterocycles. The van der Waals surface area contributed by atoms with Gasteiger partial charge in [-0.25, -0.2) is 9.67 Å². The number of hydrogen-bond donors (Lipinski definition) is 1. The highest BCUT2D eigenvalue weighted by Crippen LogP contribution is 2.31. The second-order valence-electron chi connectivity index (χ2n) is 6.04. The van der Waals surface area contributed by atoms with Crippen molar-refractivity contribution < 1.29 is 18.0 Å². The van der Waals surface area contributed by atoms with Crippen molar-refractivity contribution in [2.45, 2.75) is 6.18 Å². The Morgan fingerprint density at radius 3 is 2.38 bits per heavy atom. The van der Waals surface area contributed by atoms with E-state index in [1.54, 1.807) is 5.51 Å². The monoisotopic (exact) mass is 414 g/mol. The van der Waals surface area contributed by atoms with Crippen LogP contribution in [0.3, 0.4) is 0 Å². The van der Waals surface area contributed by atoms with Crippen molar-refractivity contribution in [2.75, 3.05) is 5.32 Å². The van der Waals surface area contributed by atoms with E-state index in [1.807, 2.05) is 30.3 Å². The first-order valence-electron chi connectivity index (χ1n) is 8.45. The number of rotatable bonds is 4. The molecule has 0 aliphatic carbocycles. The summed E-state index contributed by atoms with van der Waals surface area (Å²) in [6.45, 7) is 0. The van der Waals surface area contributed by atoms with E-state index in [9.17, 15) is 18.0 Å². The summed E-state index contributed by atoms with van der Waals surface area (Å²) < 4.78 is 39.2. The molecule has 9 heteroatoms. The standard InChI is InChI=1S/C20H13F3N4OS/c21-20(22,23)16-10-11-27(26-16)15-8-6-14(7-9-15)18(28)25-19-17(24-12-29-19)13-4-2-1-3-5-13/h1-12H,(H,25,28). The zero-order valence-electron chi connectivity index (χ0n) is 14.7. The fraction of sp³-hybridized carbons (Fsp3) is 0.0500. The number of aromatic nitrogens is 3. The molecule has 0 radical (unpaired) electrons. The van der Waals surface area contributed by atoms with E-state index in [-0.39, 0.29) is 5.91 Å². The van der Waals surface area contributed by atoms with Crippen LogP contribution >= 0.6 is 11.3 Å². The average Bonchev–Trinajstić information content (AvgIpc) is 3.38. The van der Waals surface area contributed by atoms with Gasteiger partial charge in [-0.2, -0.15) is 18.3 Å². The number of anilines is 1. The molecule has 0 atom stereocenters. The third-order valence-electron chi connectivity index (χ3n) is 4.12. The number of carbonyl (C=O) groups is 1. The number of carbonyl (C=O) groups excluding carboxylic acids is 1. The van der Waals surface area contributed by atoms with Gasteiger partial charge in [0.25, 0.3) is 5.91 Å². The van der Waals surface area contributed by atoms with Gasteiger partial charge in [0.15, 0.2) is 5.69 Å². The van der Waals surface area contributed by atoms with Gasteiger partial charge in [0, 0.05) is 17.3 Å². The normalized spacial score (nSPS) is 11.4. The smallest absolute Gasteiger partial charge is 0.312 e. The van der Waals surface area contributed by atoms with Crippen LogP contribution in [-0.2, 0) is 6.18 Å². The number of nitrogens with one attached hydrogen (secondary N) is 1. The van der Waals surface area contributed by atoms with Gasteiger partial charge in [-0.3, -0.25) is 4.79 Å². The minimum Gasteiger partial charge on any atom is -0.312 e. The predicted octanol–water partition coefficient (Wildman–Crippen LogP) is 5.27. The highest BCUT2D eigenvalue weighted by Gasteiger charge is 2.33. The molecule has 0 unspecified atom stereocenters. The summed E-state index contributed by atoms with van der Waals surface area (Å²) in [4.78, 5) is 16.9. The lowest BCUT2D eigenvalue weighted by Crippen LogP contribution is -2.12. The molecular weight excluding hydrogens is 401 g/mol. The molecule has 1 amide bonds. The first-order valence-corrected chi connectivity index (χ1v) is 9.33. The third kappa shape index (κ3) is 4.04. The number of amides is 1. The van der Waals surface area contributed by atoms with Crippen molar-refractivity contribution in [1.29, 1.82) is 0 Å². The molecule has 0 saturated heterocycles. The summed E-state index contributed by atoms with van der Waals surface area (Å²) in [5.74, 6) is -0.338. The fourth-order valence-corrected chi connectivity index (χ4v) is 3.39. The number of halogens is 3. The number of hydrogen-bond acceptors (Lipinski definition) is 4. The van der Waals surface area contributed by atoms with Gasteiger partial charge in [0.05, 0.1) is 11.2 Å². The van der Waals surface area contributed by atoms with Crippen LogP contribution in [-0.4, -0.2) is 20.7 Å². The van der Waals surface area contributed by atoms with Crippen molar-refractivity contribution >= 4 is 22.2 Å². The largest absolute Gasteiger partial charge is 0.435 e. The topological polar surface area (TPSA) is 59.8 Å². The molecule has 0 saturated carbocycles. The molecule has 0 aliphatic heterocycles. The van der Waals surface area contributed by atoms with E-state index in [0.717, 1.165) is 16.3 Å². The minimum absolute atomic E-state index is 0.338. The van der Waals surface area contributed by atoms with Gasteiger partial charge in [-0.15, -0.1) is 11.3 Å². The van der Waals surface area contributed by atoms with Crippen molar-refractivity contribution in [3.63, 3.8) is 0 Å². The maximum absolute atomic E-state index is 12.7. The fourth-order valence-electron chi connectivity index (χ4n) is 2.70. The summed E-state index contributed by atoms with van der Waals surface area (Å²) >= 11 is 1.31. The van der Waals surface area contributed by atoms with Crippen molar-refractivity contribution in [2.24, 2.45) is 0 Å². The van der Waals surface area contributed by atoms with Crippen molar-refractivity contribution in [3.8, 4) is 16.9 Å². The molecule has 146 valence electrons. The molecular formula is C20H13F3N4OS. The lowest BCUT2D eigenvalue weighted by atomic mass is 10.1. The third-order valence-corrected chi connectivity index (χ3v) is 4.86. The molecule has 0 fully saturated rings. The summed E-state index contributed by atoms with van der Waals surface area (Å²) in [6, 6.07) is 16.5. The van der Waals surface area contributed by atoms with E-state index in [4.69, 9.17) is 0 Å². The zero-order valence-corrected chi connectivity index (χ0v) is 15.5. The van der Waals surface area contributed by atoms with Crippen LogP contribution in [0.2, 0.25) is 0 Å². The van der Waals surface area contributed by atoms with Crippen LogP contribution in [0, 0.1) is 0 Å². The highest BCUT2D eigenvalue weighted by molar-refractivity contribution is 7.14. The first-order chi connectivity index (χ1) is 13.9. The Morgan fingerprint density at radius 2 is 1.72 bits per heavy atom. The molecule has 29 heavy (non-hydrogen) atoms. The Balaban J connectivity index is 1.51. The molecule has 5 nitrogen and oxygen atoms in total. The second kappa shape index (κ2) is 7.51. The van der Waals surface area contributed by atoms with Gasteiger partial charge < -0.3 is 5.32 Å². The maximum atomic E-state index is 12.7. The van der Waals surface area contributed by atoms with E-state index < -0.39 is 11.9 Å². The van der Waals surface area contributed by atoms with Gasteiger partial charge in [-0.1, -0.05) is 30.3 Å². The molecule has 0 aliphatic rings. The second-order valence-corrected chi connectivity index (χ2v) is 6.90. The number of benzene rings is 2. The van der Waals surface area contributed by atoms with Crippen LogP contribution in [0.5, 0.6) is 0 Å². The summed E-state index contributed by atoms with van der Waals surface area (Å²) in [5, 5.41) is 6.97. The first kappa shape index (κ1) is 18.9. The SMILES string of the molecule is O=C(Nc1scnc1-c1ccccc1)c1ccc(-n2ccc(C(F)(F)F)n2)cc1. The molecule has 0 bridgehead atoms. The van der Waals surface area contributed by atoms with E-state index in [0.29, 0.717) is 21.9 Å². The lowest BCUT2D eigenvalue weighted by molar-refractivity contribution is -0.141. The predicted molar refractivity (Wildman–Crippen MR) is 104 cm³/mol. The Kier molecular flexibility index (Phi) is 4.89. The molecule has 2 aromatic carbocycles. The Morgan fingerprint density at radius 1 is 1.00 bits per heavy atom. The Bertz CT molecular complexity index is 1130. The van der Waals surface area contributed by atoms with Crippen LogP contribution in [0.4, 0.5) is 18.2 Å². The number of thiazole rings is 1. The number of nitrogens with zero attached hydrogens (tertiary/aromatic N) is 3. The summed E-state index contributed by atoms with van der Waals surface area (Å²) in [6.07, 6.45) is -3.28. The van der Waals surface area contributed by atoms with Gasteiger partial charge >= 0.3 is 6.18 Å². The summed E-state index contributed by atoms with van der Waals surface area (Å²) in [7, 11) is 0. The van der Waals surface area contributed by atoms with Crippen molar-refractivity contribution in [3.05, 3.63) is 83.6 Å². The average molecular weight is 414 g/mol. The van der Waals surface area contributed by atoms with Crippen LogP contribution in [0.25, 0.3) is 16.9 Å². The highest BCUT2D eigenvalue weighted by atomic mass is 32.1. The van der Waals surface area contributed by atoms with E-state index >= 15 is 0 Å². The minimum atomic E-state index is -4.50. The lowest BCUT2D eigenvalue weighted by Gasteiger charge is -2.07. The van der Waals surface area contributed by atoms with Crippen LogP contribution < -0.4 is 5.32 Å². The van der Waals surface area contributed by atoms with E-state index in [2.05, 4.69) is 15.4 Å². The van der Waals surface area contributed by atoms with Gasteiger partial charge in [-0.05, 0) is 30.3 Å². The summed E-state index contributed by atoms with van der Waals surface area (Å²) in [5.41, 5.74) is 3.02. The Hall–Kier alpha value is -3.46. The molecule has 4 aromatic rings. The van der Waals surface area contributed by atoms with Gasteiger partial charge in [0.1, 0.15) is 10.7 Å². The van der Waals surface area contributed by atoms with Gasteiger partial charge in [0.2, 0.25) is 0 Å². The maximum Gasteiger partial charge on any atom is 0.435 e. The molecule has 0 spiro atoms.